The number of aryl methyl sites for hydroxylation is 1. The Balaban J connectivity index is 1.76. The van der Waals surface area contributed by atoms with Crippen LogP contribution in [0.4, 0.5) is 0 Å². The van der Waals surface area contributed by atoms with Crippen LogP contribution in [0.2, 0.25) is 0 Å². The number of hydrogen-bond acceptors (Lipinski definition) is 4. The molecule has 1 aromatic rings. The fourth-order valence-corrected chi connectivity index (χ4v) is 4.89. The molecule has 1 aromatic carbocycles. The summed E-state index contributed by atoms with van der Waals surface area (Å²) in [7, 11) is -3.71. The van der Waals surface area contributed by atoms with E-state index >= 15 is 0 Å². The summed E-state index contributed by atoms with van der Waals surface area (Å²) < 4.78 is 36.2. The highest BCUT2D eigenvalue weighted by molar-refractivity contribution is 7.86. The van der Waals surface area contributed by atoms with Gasteiger partial charge in [-0.05, 0) is 44.2 Å². The van der Waals surface area contributed by atoms with Crippen LogP contribution in [0.5, 0.6) is 0 Å². The Morgan fingerprint density at radius 1 is 1.23 bits per heavy atom. The lowest BCUT2D eigenvalue weighted by Gasteiger charge is -2.38. The Bertz CT molecular complexity index is 658. The van der Waals surface area contributed by atoms with Crippen LogP contribution in [0.15, 0.2) is 29.2 Å². The maximum absolute atomic E-state index is 12.4. The number of hydrogen-bond donors (Lipinski definition) is 0. The van der Waals surface area contributed by atoms with Crippen LogP contribution >= 0.6 is 0 Å². The molecule has 5 heteroatoms. The molecule has 4 nitrogen and oxygen atoms in total. The number of benzene rings is 1. The molecule has 0 saturated carbocycles. The summed E-state index contributed by atoms with van der Waals surface area (Å²) in [5.41, 5.74) is 0.696. The lowest BCUT2D eigenvalue weighted by atomic mass is 9.64. The first-order valence-corrected chi connectivity index (χ1v) is 9.20. The van der Waals surface area contributed by atoms with Crippen LogP contribution in [0.3, 0.4) is 0 Å². The van der Waals surface area contributed by atoms with E-state index in [-0.39, 0.29) is 34.5 Å². The molecule has 22 heavy (non-hydrogen) atoms. The van der Waals surface area contributed by atoms with Gasteiger partial charge in [0.1, 0.15) is 0 Å². The second kappa shape index (κ2) is 5.05. The topological polar surface area (TPSA) is 52.6 Å². The zero-order valence-corrected chi connectivity index (χ0v) is 14.4. The van der Waals surface area contributed by atoms with Crippen LogP contribution in [-0.2, 0) is 19.0 Å². The van der Waals surface area contributed by atoms with Crippen LogP contribution < -0.4 is 0 Å². The predicted molar refractivity (Wildman–Crippen MR) is 84.1 cm³/mol. The molecule has 0 aromatic heterocycles. The Kier molecular flexibility index (Phi) is 3.66. The van der Waals surface area contributed by atoms with Gasteiger partial charge >= 0.3 is 0 Å². The summed E-state index contributed by atoms with van der Waals surface area (Å²) in [5, 5.41) is 0. The molecule has 3 atom stereocenters. The Morgan fingerprint density at radius 2 is 1.86 bits per heavy atom. The van der Waals surface area contributed by atoms with Crippen molar-refractivity contribution in [3.05, 3.63) is 29.8 Å². The van der Waals surface area contributed by atoms with Crippen molar-refractivity contribution in [1.82, 2.24) is 0 Å². The van der Waals surface area contributed by atoms with Crippen LogP contribution in [-0.4, -0.2) is 26.7 Å². The number of rotatable bonds is 4. The first-order valence-electron chi connectivity index (χ1n) is 7.79. The van der Waals surface area contributed by atoms with Gasteiger partial charge in [-0.1, -0.05) is 31.5 Å². The molecule has 0 radical (unpaired) electrons. The van der Waals surface area contributed by atoms with Gasteiger partial charge in [-0.25, -0.2) is 0 Å². The molecule has 2 saturated heterocycles. The van der Waals surface area contributed by atoms with Gasteiger partial charge in [0.05, 0.1) is 23.2 Å². The molecule has 0 amide bonds. The maximum atomic E-state index is 12.4. The smallest absolute Gasteiger partial charge is 0.296 e. The van der Waals surface area contributed by atoms with Gasteiger partial charge < -0.3 is 4.74 Å². The fourth-order valence-electron chi connectivity index (χ4n) is 3.97. The fraction of sp³-hybridized carbons (Fsp3) is 0.647. The standard InChI is InChI=1S/C17H24O4S/c1-12-5-7-13(8-6-12)22(18,19)20-11-14-16(2,3)15-9-10-17(14,4)21-15/h5-8,14-15H,9-11H2,1-4H3/t14-,15-,17+/m0/s1. The van der Waals surface area contributed by atoms with Crippen molar-refractivity contribution < 1.29 is 17.3 Å². The van der Waals surface area contributed by atoms with Crippen molar-refractivity contribution in [1.29, 1.82) is 0 Å². The molecule has 0 unspecified atom stereocenters. The van der Waals surface area contributed by atoms with Gasteiger partial charge in [-0.2, -0.15) is 8.42 Å². The van der Waals surface area contributed by atoms with E-state index in [2.05, 4.69) is 20.8 Å². The molecular formula is C17H24O4S. The highest BCUT2D eigenvalue weighted by atomic mass is 32.2. The summed E-state index contributed by atoms with van der Waals surface area (Å²) in [4.78, 5) is 0.213. The van der Waals surface area contributed by atoms with Gasteiger partial charge in [-0.15, -0.1) is 0 Å². The minimum Gasteiger partial charge on any atom is -0.371 e. The SMILES string of the molecule is Cc1ccc(S(=O)(=O)OC[C@H]2C(C)(C)[C@@H]3CC[C@@]2(C)O3)cc1. The summed E-state index contributed by atoms with van der Waals surface area (Å²) >= 11 is 0. The van der Waals surface area contributed by atoms with E-state index < -0.39 is 10.1 Å². The third-order valence-corrected chi connectivity index (χ3v) is 6.77. The van der Waals surface area contributed by atoms with Crippen molar-refractivity contribution in [3.8, 4) is 0 Å². The zero-order chi connectivity index (χ0) is 16.2. The zero-order valence-electron chi connectivity index (χ0n) is 13.6. The Hall–Kier alpha value is -0.910. The third kappa shape index (κ3) is 2.49. The van der Waals surface area contributed by atoms with Gasteiger partial charge in [-0.3, -0.25) is 4.18 Å². The van der Waals surface area contributed by atoms with Crippen molar-refractivity contribution in [2.75, 3.05) is 6.61 Å². The molecule has 2 aliphatic rings. The summed E-state index contributed by atoms with van der Waals surface area (Å²) in [5.74, 6) is 0.0824. The average Bonchev–Trinajstić information content (AvgIpc) is 2.90. The predicted octanol–water partition coefficient (Wildman–Crippen LogP) is 3.29. The number of ether oxygens (including phenoxy) is 1. The molecule has 3 rings (SSSR count). The highest BCUT2D eigenvalue weighted by Gasteiger charge is 2.61. The maximum Gasteiger partial charge on any atom is 0.296 e. The first-order chi connectivity index (χ1) is 10.2. The van der Waals surface area contributed by atoms with Gasteiger partial charge in [0.2, 0.25) is 0 Å². The van der Waals surface area contributed by atoms with Crippen LogP contribution in [0.1, 0.15) is 39.2 Å². The van der Waals surface area contributed by atoms with E-state index in [1.54, 1.807) is 24.3 Å². The molecule has 0 N–H and O–H groups in total. The molecular weight excluding hydrogens is 300 g/mol. The summed E-state index contributed by atoms with van der Waals surface area (Å²) in [6, 6.07) is 6.74. The highest BCUT2D eigenvalue weighted by Crippen LogP contribution is 2.57. The van der Waals surface area contributed by atoms with E-state index in [4.69, 9.17) is 8.92 Å². The van der Waals surface area contributed by atoms with Crippen molar-refractivity contribution in [3.63, 3.8) is 0 Å². The monoisotopic (exact) mass is 324 g/mol. The van der Waals surface area contributed by atoms with E-state index in [0.717, 1.165) is 18.4 Å². The minimum atomic E-state index is -3.71. The van der Waals surface area contributed by atoms with Gasteiger partial charge in [0.15, 0.2) is 0 Å². The summed E-state index contributed by atoms with van der Waals surface area (Å²) in [6.45, 7) is 8.47. The van der Waals surface area contributed by atoms with E-state index in [0.29, 0.717) is 0 Å². The normalized spacial score (nSPS) is 33.3. The molecule has 2 aliphatic heterocycles. The van der Waals surface area contributed by atoms with E-state index in [1.807, 2.05) is 6.92 Å². The molecule has 0 spiro atoms. The lowest BCUT2D eigenvalue weighted by molar-refractivity contribution is -0.00211. The average molecular weight is 324 g/mol. The third-order valence-electron chi connectivity index (χ3n) is 5.48. The molecule has 2 fully saturated rings. The van der Waals surface area contributed by atoms with Gasteiger partial charge in [0.25, 0.3) is 10.1 Å². The Morgan fingerprint density at radius 3 is 2.41 bits per heavy atom. The molecule has 2 bridgehead atoms. The van der Waals surface area contributed by atoms with E-state index in [9.17, 15) is 8.42 Å². The second-order valence-corrected chi connectivity index (χ2v) is 9.00. The molecule has 0 aliphatic carbocycles. The second-order valence-electron chi connectivity index (χ2n) is 7.38. The van der Waals surface area contributed by atoms with Crippen molar-refractivity contribution >= 4 is 10.1 Å². The van der Waals surface area contributed by atoms with Crippen LogP contribution in [0, 0.1) is 18.3 Å². The first kappa shape index (κ1) is 16.0. The van der Waals surface area contributed by atoms with E-state index in [1.165, 1.54) is 0 Å². The minimum absolute atomic E-state index is 0.0597. The van der Waals surface area contributed by atoms with Crippen molar-refractivity contribution in [2.45, 2.75) is 57.1 Å². The summed E-state index contributed by atoms with van der Waals surface area (Å²) in [6.07, 6.45) is 2.22. The van der Waals surface area contributed by atoms with Gasteiger partial charge in [0, 0.05) is 5.92 Å². The van der Waals surface area contributed by atoms with Crippen LogP contribution in [0.25, 0.3) is 0 Å². The Labute approximate surface area is 132 Å². The quantitative estimate of drug-likeness (QED) is 0.798. The molecule has 2 heterocycles. The number of fused-ring (bicyclic) bond motifs is 2. The molecule has 122 valence electrons. The van der Waals surface area contributed by atoms with Crippen molar-refractivity contribution in [2.24, 2.45) is 11.3 Å². The lowest BCUT2D eigenvalue weighted by Crippen LogP contribution is -2.43. The largest absolute Gasteiger partial charge is 0.371 e.